The van der Waals surface area contributed by atoms with Crippen LogP contribution in [0.25, 0.3) is 0 Å². The molecule has 0 bridgehead atoms. The van der Waals surface area contributed by atoms with Crippen LogP contribution in [-0.2, 0) is 28.5 Å². The van der Waals surface area contributed by atoms with E-state index in [9.17, 15) is 30.0 Å². The van der Waals surface area contributed by atoms with Crippen molar-refractivity contribution in [2.45, 2.75) is 275 Å². The number of allylic oxidation sites excluding steroid dienone is 2. The zero-order chi connectivity index (χ0) is 43.7. The summed E-state index contributed by atoms with van der Waals surface area (Å²) in [6, 6.07) is 0. The van der Waals surface area contributed by atoms with E-state index in [1.54, 1.807) is 0 Å². The Labute approximate surface area is 367 Å². The Balaban J connectivity index is 2.24. The summed E-state index contributed by atoms with van der Waals surface area (Å²) < 4.78 is 22.2. The lowest BCUT2D eigenvalue weighted by atomic mass is 9.99. The molecule has 0 aromatic carbocycles. The van der Waals surface area contributed by atoms with Gasteiger partial charge >= 0.3 is 11.9 Å². The minimum Gasteiger partial charge on any atom is -0.462 e. The Morgan fingerprint density at radius 1 is 0.500 bits per heavy atom. The van der Waals surface area contributed by atoms with E-state index in [1.165, 1.54) is 167 Å². The van der Waals surface area contributed by atoms with Crippen molar-refractivity contribution < 1.29 is 49.0 Å². The maximum absolute atomic E-state index is 12.8. The fourth-order valence-electron chi connectivity index (χ4n) is 7.89. The van der Waals surface area contributed by atoms with Crippen molar-refractivity contribution in [2.24, 2.45) is 0 Å². The third-order valence-electron chi connectivity index (χ3n) is 11.9. The van der Waals surface area contributed by atoms with Crippen LogP contribution in [0.1, 0.15) is 239 Å². The number of hydrogen-bond acceptors (Lipinski definition) is 10. The number of aliphatic hydroxyl groups excluding tert-OH is 4. The van der Waals surface area contributed by atoms with E-state index in [1.807, 2.05) is 0 Å². The lowest BCUT2D eigenvalue weighted by molar-refractivity contribution is -0.305. The van der Waals surface area contributed by atoms with Gasteiger partial charge in [-0.3, -0.25) is 9.59 Å². The molecule has 1 aliphatic rings. The standard InChI is InChI=1S/C50H94O10/c1-3-5-7-9-11-13-15-17-19-20-21-22-23-24-25-27-28-30-32-34-36-38-45(52)57-41-43(42-58-50-49(56)48(55)47(54)44(40-51)60-50)59-46(53)39-37-35-33-31-29-26-18-16-14-12-10-8-6-4-2/h17,19,43-44,47-51,54-56H,3-16,18,20-42H2,1-2H3/b19-17+/t43-,44-,47+,48?,49?,50-/m0/s1. The van der Waals surface area contributed by atoms with Gasteiger partial charge in [0.1, 0.15) is 31.0 Å². The van der Waals surface area contributed by atoms with Crippen LogP contribution in [0.2, 0.25) is 0 Å². The first-order chi connectivity index (χ1) is 29.3. The molecule has 1 fully saturated rings. The zero-order valence-electron chi connectivity index (χ0n) is 38.7. The normalized spacial score (nSPS) is 19.9. The predicted octanol–water partition coefficient (Wildman–Crippen LogP) is 11.5. The van der Waals surface area contributed by atoms with Crippen LogP contribution in [0.3, 0.4) is 0 Å². The van der Waals surface area contributed by atoms with Crippen LogP contribution >= 0.6 is 0 Å². The number of carbonyl (C=O) groups is 2. The number of hydrogen-bond donors (Lipinski definition) is 4. The van der Waals surface area contributed by atoms with E-state index >= 15 is 0 Å². The van der Waals surface area contributed by atoms with Gasteiger partial charge in [0, 0.05) is 12.8 Å². The minimum absolute atomic E-state index is 0.212. The third-order valence-corrected chi connectivity index (χ3v) is 11.9. The van der Waals surface area contributed by atoms with Crippen molar-refractivity contribution in [1.29, 1.82) is 0 Å². The Hall–Kier alpha value is -1.56. The lowest BCUT2D eigenvalue weighted by Crippen LogP contribution is -2.59. The maximum Gasteiger partial charge on any atom is 0.306 e. The molecule has 10 heteroatoms. The molecule has 0 radical (unpaired) electrons. The first kappa shape index (κ1) is 56.5. The molecule has 60 heavy (non-hydrogen) atoms. The number of aliphatic hydroxyl groups is 4. The summed E-state index contributed by atoms with van der Waals surface area (Å²) in [4.78, 5) is 25.4. The molecule has 1 rings (SSSR count). The van der Waals surface area contributed by atoms with Gasteiger partial charge in [0.25, 0.3) is 0 Å². The summed E-state index contributed by atoms with van der Waals surface area (Å²) in [7, 11) is 0. The summed E-state index contributed by atoms with van der Waals surface area (Å²) in [5, 5.41) is 40.1. The van der Waals surface area contributed by atoms with Crippen molar-refractivity contribution in [3.63, 3.8) is 0 Å². The van der Waals surface area contributed by atoms with E-state index in [-0.39, 0.29) is 32.0 Å². The first-order valence-corrected chi connectivity index (χ1v) is 25.3. The molecule has 0 saturated carbocycles. The highest BCUT2D eigenvalue weighted by molar-refractivity contribution is 5.70. The summed E-state index contributed by atoms with van der Waals surface area (Å²) in [6.45, 7) is 3.45. The topological polar surface area (TPSA) is 152 Å². The monoisotopic (exact) mass is 855 g/mol. The van der Waals surface area contributed by atoms with E-state index in [2.05, 4.69) is 26.0 Å². The molecule has 1 heterocycles. The molecule has 10 nitrogen and oxygen atoms in total. The highest BCUT2D eigenvalue weighted by atomic mass is 16.7. The highest BCUT2D eigenvalue weighted by Gasteiger charge is 2.44. The van der Waals surface area contributed by atoms with Gasteiger partial charge in [-0.2, -0.15) is 0 Å². The molecule has 354 valence electrons. The summed E-state index contributed by atoms with van der Waals surface area (Å²) >= 11 is 0. The van der Waals surface area contributed by atoms with Gasteiger partial charge in [0.2, 0.25) is 0 Å². The quantitative estimate of drug-likeness (QED) is 0.0265. The molecular formula is C50H94O10. The van der Waals surface area contributed by atoms with Crippen LogP contribution in [0, 0.1) is 0 Å². The molecule has 0 aromatic heterocycles. The number of carbonyl (C=O) groups excluding carboxylic acids is 2. The van der Waals surface area contributed by atoms with Crippen molar-refractivity contribution in [3.05, 3.63) is 12.2 Å². The predicted molar refractivity (Wildman–Crippen MR) is 243 cm³/mol. The summed E-state index contributed by atoms with van der Waals surface area (Å²) in [5.41, 5.74) is 0. The molecule has 0 amide bonds. The Morgan fingerprint density at radius 3 is 1.30 bits per heavy atom. The first-order valence-electron chi connectivity index (χ1n) is 25.3. The van der Waals surface area contributed by atoms with Gasteiger partial charge in [-0.1, -0.05) is 199 Å². The van der Waals surface area contributed by atoms with Gasteiger partial charge in [0.15, 0.2) is 12.4 Å². The van der Waals surface area contributed by atoms with Crippen LogP contribution in [0.15, 0.2) is 12.2 Å². The molecule has 1 aliphatic heterocycles. The average molecular weight is 855 g/mol. The lowest BCUT2D eigenvalue weighted by Gasteiger charge is -2.39. The molecule has 6 atom stereocenters. The average Bonchev–Trinajstić information content (AvgIpc) is 3.25. The van der Waals surface area contributed by atoms with E-state index in [4.69, 9.17) is 18.9 Å². The Bertz CT molecular complexity index is 990. The Kier molecular flexibility index (Phi) is 39.0. The summed E-state index contributed by atoms with van der Waals surface area (Å²) in [6.07, 6.45) is 37.9. The number of ether oxygens (including phenoxy) is 4. The zero-order valence-corrected chi connectivity index (χ0v) is 38.7. The van der Waals surface area contributed by atoms with Crippen molar-refractivity contribution in [1.82, 2.24) is 0 Å². The molecule has 4 N–H and O–H groups in total. The van der Waals surface area contributed by atoms with E-state index in [0.29, 0.717) is 6.42 Å². The smallest absolute Gasteiger partial charge is 0.306 e. The van der Waals surface area contributed by atoms with Gasteiger partial charge in [0.05, 0.1) is 13.2 Å². The fraction of sp³-hybridized carbons (Fsp3) is 0.920. The number of esters is 2. The second-order valence-corrected chi connectivity index (χ2v) is 17.6. The largest absolute Gasteiger partial charge is 0.462 e. The van der Waals surface area contributed by atoms with Crippen LogP contribution < -0.4 is 0 Å². The number of unbranched alkanes of at least 4 members (excludes halogenated alkanes) is 30. The van der Waals surface area contributed by atoms with Crippen LogP contribution in [0.4, 0.5) is 0 Å². The third kappa shape index (κ3) is 32.2. The van der Waals surface area contributed by atoms with Gasteiger partial charge in [-0.15, -0.1) is 0 Å². The highest BCUT2D eigenvalue weighted by Crippen LogP contribution is 2.23. The Morgan fingerprint density at radius 2 is 0.883 bits per heavy atom. The van der Waals surface area contributed by atoms with Crippen molar-refractivity contribution in [2.75, 3.05) is 19.8 Å². The SMILES string of the molecule is CCCCCCCC/C=C/CCCCCCCCCCCCCC(=O)OC[C@@H](CO[C@H]1O[C@@H](CO)[C@@H](O)C(O)C1O)OC(=O)CCCCCCCCCCCCCCCC. The van der Waals surface area contributed by atoms with Crippen molar-refractivity contribution in [3.8, 4) is 0 Å². The van der Waals surface area contributed by atoms with E-state index in [0.717, 1.165) is 38.5 Å². The number of rotatable bonds is 43. The minimum atomic E-state index is -1.59. The fourth-order valence-corrected chi connectivity index (χ4v) is 7.89. The maximum atomic E-state index is 12.8. The summed E-state index contributed by atoms with van der Waals surface area (Å²) in [5.74, 6) is -0.793. The molecule has 1 saturated heterocycles. The second kappa shape index (κ2) is 41.5. The molecule has 0 aromatic rings. The second-order valence-electron chi connectivity index (χ2n) is 17.6. The van der Waals surface area contributed by atoms with Crippen molar-refractivity contribution >= 4 is 11.9 Å². The molecule has 0 spiro atoms. The van der Waals surface area contributed by atoms with E-state index < -0.39 is 49.4 Å². The van der Waals surface area contributed by atoms with Gasteiger partial charge < -0.3 is 39.4 Å². The molecule has 0 aliphatic carbocycles. The van der Waals surface area contributed by atoms with Crippen LogP contribution in [-0.4, -0.2) is 89.0 Å². The molecular weight excluding hydrogens is 761 g/mol. The van der Waals surface area contributed by atoms with Crippen LogP contribution in [0.5, 0.6) is 0 Å². The molecule has 2 unspecified atom stereocenters. The van der Waals surface area contributed by atoms with Gasteiger partial charge in [-0.25, -0.2) is 0 Å². The van der Waals surface area contributed by atoms with Gasteiger partial charge in [-0.05, 0) is 38.5 Å².